The Balaban J connectivity index is 3.97. The van der Waals surface area contributed by atoms with Crippen LogP contribution in [0.1, 0.15) is 13.8 Å². The van der Waals surface area contributed by atoms with Gasteiger partial charge in [0.25, 0.3) is 5.85 Å². The molecule has 46 valence electrons. The number of alkyl halides is 1. The van der Waals surface area contributed by atoms with Crippen LogP contribution in [-0.2, 0) is 0 Å². The first-order valence-electron chi connectivity index (χ1n) is 2.39. The minimum atomic E-state index is -2.43. The van der Waals surface area contributed by atoms with Crippen molar-refractivity contribution in [3.63, 3.8) is 0 Å². The highest BCUT2D eigenvalue weighted by Gasteiger charge is 2.26. The Morgan fingerprint density at radius 2 is 2.12 bits per heavy atom. The van der Waals surface area contributed by atoms with Crippen LogP contribution >= 0.6 is 0 Å². The summed E-state index contributed by atoms with van der Waals surface area (Å²) < 4.78 is 12.3. The molecule has 0 heterocycles. The standard InChI is InChI=1S/C6H9FO/c1-4-6(7,8)5(2)3/h1,5,8H,2-3H3. The van der Waals surface area contributed by atoms with Gasteiger partial charge >= 0.3 is 0 Å². The van der Waals surface area contributed by atoms with Gasteiger partial charge in [-0.1, -0.05) is 13.8 Å². The smallest absolute Gasteiger partial charge is 0.271 e. The van der Waals surface area contributed by atoms with Crippen molar-refractivity contribution in [1.82, 2.24) is 0 Å². The van der Waals surface area contributed by atoms with E-state index >= 15 is 0 Å². The maximum atomic E-state index is 12.3. The van der Waals surface area contributed by atoms with E-state index < -0.39 is 11.8 Å². The van der Waals surface area contributed by atoms with Crippen LogP contribution in [0, 0.1) is 18.3 Å². The third-order valence-electron chi connectivity index (χ3n) is 0.968. The van der Waals surface area contributed by atoms with Crippen molar-refractivity contribution < 1.29 is 9.50 Å². The van der Waals surface area contributed by atoms with Gasteiger partial charge in [0.2, 0.25) is 0 Å². The van der Waals surface area contributed by atoms with Crippen molar-refractivity contribution >= 4 is 0 Å². The Morgan fingerprint density at radius 1 is 1.75 bits per heavy atom. The van der Waals surface area contributed by atoms with Gasteiger partial charge in [0.05, 0.1) is 0 Å². The van der Waals surface area contributed by atoms with E-state index in [1.165, 1.54) is 13.8 Å². The predicted molar refractivity (Wildman–Crippen MR) is 29.7 cm³/mol. The van der Waals surface area contributed by atoms with E-state index in [0.717, 1.165) is 0 Å². The maximum Gasteiger partial charge on any atom is 0.271 e. The largest absolute Gasteiger partial charge is 0.352 e. The summed E-state index contributed by atoms with van der Waals surface area (Å²) in [6.45, 7) is 3.03. The quantitative estimate of drug-likeness (QED) is 0.505. The van der Waals surface area contributed by atoms with Gasteiger partial charge in [0.15, 0.2) is 0 Å². The van der Waals surface area contributed by atoms with Crippen LogP contribution in [0.5, 0.6) is 0 Å². The van der Waals surface area contributed by atoms with Gasteiger partial charge in [0, 0.05) is 5.92 Å². The normalized spacial score (nSPS) is 17.5. The second-order valence-corrected chi connectivity index (χ2v) is 1.97. The summed E-state index contributed by atoms with van der Waals surface area (Å²) >= 11 is 0. The lowest BCUT2D eigenvalue weighted by molar-refractivity contribution is -0.0700. The molecule has 1 N–H and O–H groups in total. The molecule has 0 aliphatic rings. The minimum Gasteiger partial charge on any atom is -0.352 e. The van der Waals surface area contributed by atoms with Crippen LogP contribution in [0.3, 0.4) is 0 Å². The number of hydrogen-bond donors (Lipinski definition) is 1. The SMILES string of the molecule is C#CC(O)(F)C(C)C. The Hall–Kier alpha value is -0.550. The molecule has 0 aromatic carbocycles. The molecule has 0 fully saturated rings. The highest BCUT2D eigenvalue weighted by Crippen LogP contribution is 2.15. The Bertz CT molecular complexity index is 110. The Labute approximate surface area is 48.5 Å². The molecule has 0 aromatic rings. The molecule has 0 amide bonds. The zero-order valence-corrected chi connectivity index (χ0v) is 4.98. The summed E-state index contributed by atoms with van der Waals surface area (Å²) in [6.07, 6.45) is 4.63. The summed E-state index contributed by atoms with van der Waals surface area (Å²) in [5, 5.41) is 8.50. The predicted octanol–water partition coefficient (Wildman–Crippen LogP) is 0.934. The van der Waals surface area contributed by atoms with E-state index in [9.17, 15) is 4.39 Å². The lowest BCUT2D eigenvalue weighted by Crippen LogP contribution is -2.26. The van der Waals surface area contributed by atoms with E-state index in [0.29, 0.717) is 0 Å². The molecule has 0 aliphatic carbocycles. The topological polar surface area (TPSA) is 20.2 Å². The monoisotopic (exact) mass is 116 g/mol. The Morgan fingerprint density at radius 3 is 2.12 bits per heavy atom. The number of halogens is 1. The molecule has 1 unspecified atom stereocenters. The van der Waals surface area contributed by atoms with Gasteiger partial charge in [-0.2, -0.15) is 4.39 Å². The first-order valence-corrected chi connectivity index (χ1v) is 2.39. The summed E-state index contributed by atoms with van der Waals surface area (Å²) in [7, 11) is 0. The van der Waals surface area contributed by atoms with Crippen LogP contribution in [0.4, 0.5) is 4.39 Å². The molecule has 0 bridgehead atoms. The molecule has 0 spiro atoms. The second-order valence-electron chi connectivity index (χ2n) is 1.97. The second kappa shape index (κ2) is 2.15. The van der Waals surface area contributed by atoms with Gasteiger partial charge in [-0.15, -0.1) is 6.42 Å². The fraction of sp³-hybridized carbons (Fsp3) is 0.667. The maximum absolute atomic E-state index is 12.3. The summed E-state index contributed by atoms with van der Waals surface area (Å²) in [4.78, 5) is 0. The molecule has 1 nitrogen and oxygen atoms in total. The van der Waals surface area contributed by atoms with Crippen LogP contribution in [-0.4, -0.2) is 11.0 Å². The number of hydrogen-bond acceptors (Lipinski definition) is 1. The van der Waals surface area contributed by atoms with Crippen molar-refractivity contribution in [2.24, 2.45) is 5.92 Å². The fourth-order valence-electron chi connectivity index (χ4n) is 0.167. The molecule has 0 radical (unpaired) electrons. The van der Waals surface area contributed by atoms with Crippen LogP contribution in [0.25, 0.3) is 0 Å². The van der Waals surface area contributed by atoms with Crippen molar-refractivity contribution in [3.05, 3.63) is 0 Å². The average molecular weight is 116 g/mol. The number of rotatable bonds is 1. The zero-order chi connectivity index (χ0) is 6.78. The first kappa shape index (κ1) is 7.45. The third-order valence-corrected chi connectivity index (χ3v) is 0.968. The van der Waals surface area contributed by atoms with E-state index in [1.807, 2.05) is 0 Å². The van der Waals surface area contributed by atoms with Crippen molar-refractivity contribution in [1.29, 1.82) is 0 Å². The van der Waals surface area contributed by atoms with E-state index in [-0.39, 0.29) is 0 Å². The molecule has 1 atom stereocenters. The average Bonchev–Trinajstić information content (AvgIpc) is 1.67. The molecular weight excluding hydrogens is 107 g/mol. The van der Waals surface area contributed by atoms with Gasteiger partial charge in [-0.25, -0.2) is 0 Å². The van der Waals surface area contributed by atoms with Crippen LogP contribution < -0.4 is 0 Å². The van der Waals surface area contributed by atoms with Crippen molar-refractivity contribution in [2.45, 2.75) is 19.7 Å². The van der Waals surface area contributed by atoms with Gasteiger partial charge in [0.1, 0.15) is 0 Å². The molecule has 0 aliphatic heterocycles. The van der Waals surface area contributed by atoms with E-state index in [4.69, 9.17) is 5.11 Å². The molecule has 0 aromatic heterocycles. The first-order chi connectivity index (χ1) is 3.50. The summed E-state index contributed by atoms with van der Waals surface area (Å²) in [6, 6.07) is 0. The Kier molecular flexibility index (Phi) is 2.00. The lowest BCUT2D eigenvalue weighted by Gasteiger charge is -2.14. The van der Waals surface area contributed by atoms with Crippen molar-refractivity contribution in [3.8, 4) is 12.3 Å². The molecule has 0 saturated carbocycles. The summed E-state index contributed by atoms with van der Waals surface area (Å²) in [5.74, 6) is -1.34. The lowest BCUT2D eigenvalue weighted by atomic mass is 10.1. The van der Waals surface area contributed by atoms with Crippen LogP contribution in [0.2, 0.25) is 0 Å². The summed E-state index contributed by atoms with van der Waals surface area (Å²) in [5.41, 5.74) is 0. The molecule has 8 heavy (non-hydrogen) atoms. The van der Waals surface area contributed by atoms with Gasteiger partial charge in [-0.3, -0.25) is 0 Å². The number of aliphatic hydroxyl groups is 1. The number of terminal acetylenes is 1. The van der Waals surface area contributed by atoms with Crippen molar-refractivity contribution in [2.75, 3.05) is 0 Å². The molecular formula is C6H9FO. The molecule has 2 heteroatoms. The fourth-order valence-corrected chi connectivity index (χ4v) is 0.167. The minimum absolute atomic E-state index is 0.535. The third kappa shape index (κ3) is 1.51. The zero-order valence-electron chi connectivity index (χ0n) is 4.98. The van der Waals surface area contributed by atoms with E-state index in [1.54, 1.807) is 5.92 Å². The van der Waals surface area contributed by atoms with Gasteiger partial charge < -0.3 is 5.11 Å². The molecule has 0 rings (SSSR count). The van der Waals surface area contributed by atoms with Gasteiger partial charge in [-0.05, 0) is 5.92 Å². The highest BCUT2D eigenvalue weighted by molar-refractivity contribution is 5.01. The highest BCUT2D eigenvalue weighted by atomic mass is 19.2. The molecule has 0 saturated heterocycles. The van der Waals surface area contributed by atoms with E-state index in [2.05, 4.69) is 6.42 Å². The van der Waals surface area contributed by atoms with Crippen LogP contribution in [0.15, 0.2) is 0 Å².